The summed E-state index contributed by atoms with van der Waals surface area (Å²) >= 11 is 17.1. The van der Waals surface area contributed by atoms with Crippen molar-refractivity contribution < 1.29 is 22.9 Å². The molecule has 1 N–H and O–H groups in total. The van der Waals surface area contributed by atoms with Gasteiger partial charge in [-0.05, 0) is 42.5 Å². The van der Waals surface area contributed by atoms with Crippen molar-refractivity contribution >= 4 is 57.8 Å². The normalized spacial score (nSPS) is 14.3. The van der Waals surface area contributed by atoms with E-state index in [2.05, 4.69) is 5.32 Å². The number of amides is 1. The van der Waals surface area contributed by atoms with Crippen molar-refractivity contribution in [1.29, 1.82) is 0 Å². The minimum Gasteiger partial charge on any atom is -0.362 e. The van der Waals surface area contributed by atoms with Gasteiger partial charge in [-0.15, -0.1) is 0 Å². The smallest absolute Gasteiger partial charge is 0.362 e. The maximum atomic E-state index is 12.9. The maximum absolute atomic E-state index is 12.9. The molecule has 0 aliphatic carbocycles. The summed E-state index contributed by atoms with van der Waals surface area (Å²) in [5, 5.41) is 14.6. The van der Waals surface area contributed by atoms with E-state index in [0.29, 0.717) is 24.2 Å². The van der Waals surface area contributed by atoms with Gasteiger partial charge in [0, 0.05) is 37.3 Å². The first-order chi connectivity index (χ1) is 15.0. The third-order valence-electron chi connectivity index (χ3n) is 4.80. The second-order valence-electron chi connectivity index (χ2n) is 6.82. The first-order valence-electron chi connectivity index (χ1n) is 9.13. The highest BCUT2D eigenvalue weighted by atomic mass is 35.5. The molecule has 0 radical (unpaired) electrons. The van der Waals surface area contributed by atoms with E-state index in [-0.39, 0.29) is 34.5 Å². The highest BCUT2D eigenvalue weighted by Gasteiger charge is 2.34. The number of anilines is 1. The van der Waals surface area contributed by atoms with E-state index in [1.165, 1.54) is 18.2 Å². The van der Waals surface area contributed by atoms with Crippen LogP contribution in [0.1, 0.15) is 15.9 Å². The summed E-state index contributed by atoms with van der Waals surface area (Å²) in [6, 6.07) is 6.85. The van der Waals surface area contributed by atoms with Crippen molar-refractivity contribution in [2.75, 3.05) is 31.1 Å². The van der Waals surface area contributed by atoms with Gasteiger partial charge in [-0.25, -0.2) is 0 Å². The predicted molar refractivity (Wildman–Crippen MR) is 118 cm³/mol. The van der Waals surface area contributed by atoms with Crippen LogP contribution >= 0.6 is 35.4 Å². The Morgan fingerprint density at radius 1 is 1.09 bits per heavy atom. The van der Waals surface area contributed by atoms with Crippen molar-refractivity contribution in [2.45, 2.75) is 6.18 Å². The molecule has 1 saturated heterocycles. The van der Waals surface area contributed by atoms with Crippen molar-refractivity contribution in [1.82, 2.24) is 10.2 Å². The SMILES string of the molecule is O=C(NC(=S)N1CCN(c2ccc(C(F)(F)F)cc2[N+](=O)[O-])CC1)c1ccc(Cl)cc1Cl. The molecular formula is C19H15Cl2F3N4O3S. The number of alkyl halides is 3. The van der Waals surface area contributed by atoms with Crippen LogP contribution in [-0.4, -0.2) is 47.0 Å². The molecule has 1 fully saturated rings. The van der Waals surface area contributed by atoms with Gasteiger partial charge in [-0.2, -0.15) is 13.2 Å². The molecule has 7 nitrogen and oxygen atoms in total. The number of carbonyl (C=O) groups excluding carboxylic acids is 1. The third-order valence-corrected chi connectivity index (χ3v) is 5.71. The average molecular weight is 507 g/mol. The zero-order chi connectivity index (χ0) is 23.6. The Labute approximate surface area is 195 Å². The molecule has 1 amide bonds. The predicted octanol–water partition coefficient (Wildman–Crippen LogP) is 4.76. The van der Waals surface area contributed by atoms with E-state index in [4.69, 9.17) is 35.4 Å². The van der Waals surface area contributed by atoms with Gasteiger partial charge in [-0.3, -0.25) is 20.2 Å². The average Bonchev–Trinajstić information content (AvgIpc) is 2.72. The molecular weight excluding hydrogens is 492 g/mol. The minimum atomic E-state index is -4.68. The van der Waals surface area contributed by atoms with Crippen LogP contribution in [0.25, 0.3) is 0 Å². The lowest BCUT2D eigenvalue weighted by molar-refractivity contribution is -0.384. The molecule has 32 heavy (non-hydrogen) atoms. The van der Waals surface area contributed by atoms with Crippen molar-refractivity contribution in [2.24, 2.45) is 0 Å². The molecule has 0 bridgehead atoms. The van der Waals surface area contributed by atoms with Crippen LogP contribution in [0.15, 0.2) is 36.4 Å². The summed E-state index contributed by atoms with van der Waals surface area (Å²) in [5.41, 5.74) is -1.43. The Bertz CT molecular complexity index is 1080. The molecule has 2 aromatic carbocycles. The molecule has 0 aromatic heterocycles. The van der Waals surface area contributed by atoms with Crippen LogP contribution < -0.4 is 10.2 Å². The van der Waals surface area contributed by atoms with E-state index in [1.807, 2.05) is 0 Å². The van der Waals surface area contributed by atoms with Gasteiger partial charge in [0.2, 0.25) is 0 Å². The number of halogens is 5. The lowest BCUT2D eigenvalue weighted by Gasteiger charge is -2.37. The van der Waals surface area contributed by atoms with Crippen LogP contribution in [0.2, 0.25) is 10.0 Å². The molecule has 1 aliphatic rings. The van der Waals surface area contributed by atoms with Crippen LogP contribution in [0.5, 0.6) is 0 Å². The highest BCUT2D eigenvalue weighted by molar-refractivity contribution is 7.80. The van der Waals surface area contributed by atoms with Crippen LogP contribution in [-0.2, 0) is 6.18 Å². The number of nitrogens with one attached hydrogen (secondary N) is 1. The van der Waals surface area contributed by atoms with Crippen molar-refractivity contribution in [3.05, 3.63) is 67.7 Å². The van der Waals surface area contributed by atoms with E-state index >= 15 is 0 Å². The lowest BCUT2D eigenvalue weighted by atomic mass is 10.1. The number of benzene rings is 2. The fourth-order valence-corrected chi connectivity index (χ4v) is 3.95. The van der Waals surface area contributed by atoms with Gasteiger partial charge in [0.25, 0.3) is 11.6 Å². The standard InChI is InChI=1S/C19H15Cl2F3N4O3S/c20-12-2-3-13(14(21)10-12)17(29)25-18(32)27-7-5-26(6-8-27)15-4-1-11(19(22,23)24)9-16(15)28(30)31/h1-4,9-10H,5-8H2,(H,25,29,32). The molecule has 0 saturated carbocycles. The second kappa shape index (κ2) is 9.47. The maximum Gasteiger partial charge on any atom is 0.416 e. The molecule has 13 heteroatoms. The second-order valence-corrected chi connectivity index (χ2v) is 8.05. The molecule has 170 valence electrons. The minimum absolute atomic E-state index is 0.0885. The Balaban J connectivity index is 1.66. The number of rotatable bonds is 3. The largest absolute Gasteiger partial charge is 0.416 e. The zero-order valence-corrected chi connectivity index (χ0v) is 18.5. The molecule has 1 heterocycles. The Morgan fingerprint density at radius 2 is 1.75 bits per heavy atom. The number of thiocarbonyl (C=S) groups is 1. The number of carbonyl (C=O) groups is 1. The number of nitro groups is 1. The quantitative estimate of drug-likeness (QED) is 0.367. The summed E-state index contributed by atoms with van der Waals surface area (Å²) in [5.74, 6) is -0.516. The van der Waals surface area contributed by atoms with Gasteiger partial charge in [0.05, 0.1) is 21.1 Å². The number of hydrogen-bond acceptors (Lipinski definition) is 5. The molecule has 1 aliphatic heterocycles. The van der Waals surface area contributed by atoms with Gasteiger partial charge in [-0.1, -0.05) is 23.2 Å². The summed E-state index contributed by atoms with van der Waals surface area (Å²) in [6.45, 7) is 1.10. The first-order valence-corrected chi connectivity index (χ1v) is 10.3. The zero-order valence-electron chi connectivity index (χ0n) is 16.2. The topological polar surface area (TPSA) is 78.7 Å². The van der Waals surface area contributed by atoms with Crippen molar-refractivity contribution in [3.63, 3.8) is 0 Å². The number of piperazine rings is 1. The molecule has 2 aromatic rings. The lowest BCUT2D eigenvalue weighted by Crippen LogP contribution is -2.52. The van der Waals surface area contributed by atoms with E-state index in [9.17, 15) is 28.1 Å². The van der Waals surface area contributed by atoms with E-state index in [1.54, 1.807) is 9.80 Å². The fraction of sp³-hybridized carbons (Fsp3) is 0.263. The van der Waals surface area contributed by atoms with Gasteiger partial charge in [0.15, 0.2) is 5.11 Å². The highest BCUT2D eigenvalue weighted by Crippen LogP contribution is 2.36. The summed E-state index contributed by atoms with van der Waals surface area (Å²) in [4.78, 5) is 26.2. The monoisotopic (exact) mass is 506 g/mol. The first kappa shape index (κ1) is 24.0. The molecule has 0 spiro atoms. The Kier molecular flexibility index (Phi) is 7.11. The molecule has 3 rings (SSSR count). The van der Waals surface area contributed by atoms with Crippen LogP contribution in [0.4, 0.5) is 24.5 Å². The van der Waals surface area contributed by atoms with Gasteiger partial charge < -0.3 is 9.80 Å². The molecule has 0 atom stereocenters. The van der Waals surface area contributed by atoms with E-state index < -0.39 is 28.3 Å². The van der Waals surface area contributed by atoms with Gasteiger partial charge in [0.1, 0.15) is 5.69 Å². The number of nitrogens with zero attached hydrogens (tertiary/aromatic N) is 3. The number of hydrogen-bond donors (Lipinski definition) is 1. The summed E-state index contributed by atoms with van der Waals surface area (Å²) in [6.07, 6.45) is -4.68. The fourth-order valence-electron chi connectivity index (χ4n) is 3.18. The number of nitro benzene ring substituents is 1. The van der Waals surface area contributed by atoms with Crippen LogP contribution in [0.3, 0.4) is 0 Å². The molecule has 0 unspecified atom stereocenters. The third kappa shape index (κ3) is 5.40. The summed E-state index contributed by atoms with van der Waals surface area (Å²) in [7, 11) is 0. The Morgan fingerprint density at radius 3 is 2.31 bits per heavy atom. The van der Waals surface area contributed by atoms with E-state index in [0.717, 1.165) is 12.1 Å². The summed E-state index contributed by atoms with van der Waals surface area (Å²) < 4.78 is 38.7. The van der Waals surface area contributed by atoms with Crippen LogP contribution in [0, 0.1) is 10.1 Å². The van der Waals surface area contributed by atoms with Crippen molar-refractivity contribution in [3.8, 4) is 0 Å². The van der Waals surface area contributed by atoms with Gasteiger partial charge >= 0.3 is 6.18 Å². The Hall–Kier alpha value is -2.63.